The third-order valence-corrected chi connectivity index (χ3v) is 3.40. The van der Waals surface area contributed by atoms with Crippen LogP contribution in [0.15, 0.2) is 18.2 Å². The minimum atomic E-state index is -0.476. The number of ether oxygens (including phenoxy) is 1. The molecule has 1 unspecified atom stereocenters. The van der Waals surface area contributed by atoms with E-state index in [-0.39, 0.29) is 11.6 Å². The average Bonchev–Trinajstić information content (AvgIpc) is 2.98. The van der Waals surface area contributed by atoms with Crippen molar-refractivity contribution in [2.75, 3.05) is 31.6 Å². The van der Waals surface area contributed by atoms with Crippen LogP contribution in [0.1, 0.15) is 23.7 Å². The van der Waals surface area contributed by atoms with Crippen LogP contribution < -0.4 is 10.6 Å². The van der Waals surface area contributed by atoms with Gasteiger partial charge in [0.15, 0.2) is 0 Å². The number of hydrogen-bond donors (Lipinski definition) is 2. The van der Waals surface area contributed by atoms with Gasteiger partial charge >= 0.3 is 0 Å². The summed E-state index contributed by atoms with van der Waals surface area (Å²) in [5, 5.41) is 16.9. The second kappa shape index (κ2) is 7.03. The van der Waals surface area contributed by atoms with Gasteiger partial charge in [-0.25, -0.2) is 0 Å². The highest BCUT2D eigenvalue weighted by Crippen LogP contribution is 2.26. The molecule has 114 valence electrons. The van der Waals surface area contributed by atoms with E-state index in [4.69, 9.17) is 4.74 Å². The van der Waals surface area contributed by atoms with Crippen molar-refractivity contribution in [3.63, 3.8) is 0 Å². The van der Waals surface area contributed by atoms with Gasteiger partial charge in [-0.15, -0.1) is 0 Å². The number of nitro groups is 1. The third kappa shape index (κ3) is 3.91. The van der Waals surface area contributed by atoms with E-state index >= 15 is 0 Å². The molecular formula is C14H19N3O4. The van der Waals surface area contributed by atoms with Crippen molar-refractivity contribution < 1.29 is 14.5 Å². The van der Waals surface area contributed by atoms with Crippen LogP contribution in [0.5, 0.6) is 0 Å². The van der Waals surface area contributed by atoms with Crippen molar-refractivity contribution in [2.24, 2.45) is 5.92 Å². The number of rotatable bonds is 6. The van der Waals surface area contributed by atoms with Gasteiger partial charge in [-0.2, -0.15) is 0 Å². The molecule has 0 aliphatic carbocycles. The molecule has 1 aliphatic rings. The van der Waals surface area contributed by atoms with Crippen LogP contribution in [0.25, 0.3) is 0 Å². The van der Waals surface area contributed by atoms with E-state index < -0.39 is 4.92 Å². The molecule has 0 spiro atoms. The molecule has 0 saturated carbocycles. The summed E-state index contributed by atoms with van der Waals surface area (Å²) in [5.41, 5.74) is 0.635. The molecule has 1 saturated heterocycles. The van der Waals surface area contributed by atoms with Crippen LogP contribution in [0.3, 0.4) is 0 Å². The number of benzene rings is 1. The molecule has 1 amide bonds. The number of hydrogen-bond acceptors (Lipinski definition) is 5. The van der Waals surface area contributed by atoms with E-state index in [1.165, 1.54) is 6.07 Å². The van der Waals surface area contributed by atoms with Gasteiger partial charge in [0.1, 0.15) is 5.69 Å². The fourth-order valence-electron chi connectivity index (χ4n) is 2.23. The van der Waals surface area contributed by atoms with Crippen LogP contribution in [0.2, 0.25) is 0 Å². The zero-order chi connectivity index (χ0) is 15.2. The lowest BCUT2D eigenvalue weighted by Gasteiger charge is -2.11. The molecule has 1 fully saturated rings. The summed E-state index contributed by atoms with van der Waals surface area (Å²) < 4.78 is 5.27. The Balaban J connectivity index is 2.12. The van der Waals surface area contributed by atoms with Gasteiger partial charge in [0.2, 0.25) is 0 Å². The Morgan fingerprint density at radius 2 is 2.33 bits per heavy atom. The first kappa shape index (κ1) is 15.2. The van der Waals surface area contributed by atoms with Gasteiger partial charge in [-0.3, -0.25) is 14.9 Å². The fourth-order valence-corrected chi connectivity index (χ4v) is 2.23. The van der Waals surface area contributed by atoms with Crippen molar-refractivity contribution in [2.45, 2.75) is 13.3 Å². The van der Waals surface area contributed by atoms with Crippen LogP contribution in [-0.2, 0) is 4.74 Å². The summed E-state index contributed by atoms with van der Waals surface area (Å²) in [6.07, 6.45) is 0.956. The van der Waals surface area contributed by atoms with E-state index in [9.17, 15) is 14.9 Å². The number of nitrogens with one attached hydrogen (secondary N) is 2. The Labute approximate surface area is 122 Å². The van der Waals surface area contributed by atoms with E-state index in [2.05, 4.69) is 10.6 Å². The van der Waals surface area contributed by atoms with Crippen molar-refractivity contribution in [3.05, 3.63) is 33.9 Å². The van der Waals surface area contributed by atoms with Crippen molar-refractivity contribution >= 4 is 17.3 Å². The number of carbonyl (C=O) groups is 1. The standard InChI is InChI=1S/C14H19N3O4/c1-2-15-14(18)11-3-4-12(13(7-11)17(19)20)16-8-10-5-6-21-9-10/h3-4,7,10,16H,2,5-6,8-9H2,1H3,(H,15,18). The van der Waals surface area contributed by atoms with Gasteiger partial charge < -0.3 is 15.4 Å². The van der Waals surface area contributed by atoms with Crippen LogP contribution in [0.4, 0.5) is 11.4 Å². The fraction of sp³-hybridized carbons (Fsp3) is 0.500. The Hall–Kier alpha value is -2.15. The quantitative estimate of drug-likeness (QED) is 0.616. The maximum absolute atomic E-state index is 11.7. The minimum absolute atomic E-state index is 0.0855. The van der Waals surface area contributed by atoms with Crippen LogP contribution in [0, 0.1) is 16.0 Å². The maximum Gasteiger partial charge on any atom is 0.293 e. The smallest absolute Gasteiger partial charge is 0.293 e. The molecular weight excluding hydrogens is 274 g/mol. The molecule has 1 aliphatic heterocycles. The highest BCUT2D eigenvalue weighted by Gasteiger charge is 2.20. The molecule has 2 N–H and O–H groups in total. The monoisotopic (exact) mass is 293 g/mol. The predicted octanol–water partition coefficient (Wildman–Crippen LogP) is 1.79. The Morgan fingerprint density at radius 3 is 2.95 bits per heavy atom. The summed E-state index contributed by atoms with van der Waals surface area (Å²) in [6.45, 7) is 4.32. The first-order valence-electron chi connectivity index (χ1n) is 7.00. The lowest BCUT2D eigenvalue weighted by molar-refractivity contribution is -0.384. The van der Waals surface area contributed by atoms with Gasteiger partial charge in [-0.05, 0) is 25.5 Å². The number of amides is 1. The number of anilines is 1. The van der Waals surface area contributed by atoms with E-state index in [1.807, 2.05) is 0 Å². The summed E-state index contributed by atoms with van der Waals surface area (Å²) >= 11 is 0. The van der Waals surface area contributed by atoms with Crippen molar-refractivity contribution in [1.29, 1.82) is 0 Å². The predicted molar refractivity (Wildman–Crippen MR) is 78.5 cm³/mol. The molecule has 7 heteroatoms. The second-order valence-corrected chi connectivity index (χ2v) is 4.96. The molecule has 1 aromatic rings. The molecule has 0 bridgehead atoms. The van der Waals surface area contributed by atoms with Crippen LogP contribution >= 0.6 is 0 Å². The van der Waals surface area contributed by atoms with Crippen molar-refractivity contribution in [3.8, 4) is 0 Å². The molecule has 0 aromatic heterocycles. The lowest BCUT2D eigenvalue weighted by Crippen LogP contribution is -2.22. The summed E-state index contributed by atoms with van der Waals surface area (Å²) in [5.74, 6) is 0.0593. The molecule has 7 nitrogen and oxygen atoms in total. The van der Waals surface area contributed by atoms with E-state index in [1.54, 1.807) is 19.1 Å². The zero-order valence-electron chi connectivity index (χ0n) is 11.9. The SMILES string of the molecule is CCNC(=O)c1ccc(NCC2CCOC2)c([N+](=O)[O-])c1. The number of nitrogens with zero attached hydrogens (tertiary/aromatic N) is 1. The van der Waals surface area contributed by atoms with Gasteiger partial charge in [0.05, 0.1) is 11.5 Å². The van der Waals surface area contributed by atoms with Gasteiger partial charge in [0.25, 0.3) is 11.6 Å². The van der Waals surface area contributed by atoms with Gasteiger partial charge in [-0.1, -0.05) is 0 Å². The topological polar surface area (TPSA) is 93.5 Å². The van der Waals surface area contributed by atoms with E-state index in [0.29, 0.717) is 36.9 Å². The summed E-state index contributed by atoms with van der Waals surface area (Å²) in [6, 6.07) is 4.47. The molecule has 1 heterocycles. The Kier molecular flexibility index (Phi) is 5.10. The lowest BCUT2D eigenvalue weighted by atomic mass is 10.1. The Morgan fingerprint density at radius 1 is 1.52 bits per heavy atom. The summed E-state index contributed by atoms with van der Waals surface area (Å²) in [7, 11) is 0. The molecule has 1 atom stereocenters. The third-order valence-electron chi connectivity index (χ3n) is 3.40. The first-order valence-corrected chi connectivity index (χ1v) is 7.00. The molecule has 1 aromatic carbocycles. The average molecular weight is 293 g/mol. The molecule has 21 heavy (non-hydrogen) atoms. The maximum atomic E-state index is 11.7. The number of carbonyl (C=O) groups excluding carboxylic acids is 1. The largest absolute Gasteiger partial charge is 0.381 e. The second-order valence-electron chi connectivity index (χ2n) is 4.96. The summed E-state index contributed by atoms with van der Waals surface area (Å²) in [4.78, 5) is 22.4. The minimum Gasteiger partial charge on any atom is -0.381 e. The normalized spacial score (nSPS) is 17.5. The van der Waals surface area contributed by atoms with Gasteiger partial charge in [0, 0.05) is 37.2 Å². The molecule has 0 radical (unpaired) electrons. The Bertz CT molecular complexity index is 527. The zero-order valence-corrected chi connectivity index (χ0v) is 11.9. The number of nitro benzene ring substituents is 1. The first-order chi connectivity index (χ1) is 10.1. The highest BCUT2D eigenvalue weighted by atomic mass is 16.6. The van der Waals surface area contributed by atoms with Crippen LogP contribution in [-0.4, -0.2) is 37.1 Å². The highest BCUT2D eigenvalue weighted by molar-refractivity contribution is 5.95. The molecule has 2 rings (SSSR count). The van der Waals surface area contributed by atoms with E-state index in [0.717, 1.165) is 13.0 Å². The van der Waals surface area contributed by atoms with Crippen molar-refractivity contribution in [1.82, 2.24) is 5.32 Å².